The molecule has 0 radical (unpaired) electrons. The second kappa shape index (κ2) is 8.61. The summed E-state index contributed by atoms with van der Waals surface area (Å²) in [6, 6.07) is 5.18. The molecular formula is C22H26N2O6. The molecule has 0 aliphatic heterocycles. The zero-order chi connectivity index (χ0) is 22.0. The van der Waals surface area contributed by atoms with Crippen LogP contribution in [0.2, 0.25) is 0 Å². The summed E-state index contributed by atoms with van der Waals surface area (Å²) in [5.41, 5.74) is 2.75. The zero-order valence-electron chi connectivity index (χ0n) is 17.8. The molecule has 1 aromatic carbocycles. The fraction of sp³-hybridized carbons (Fsp3) is 0.409. The summed E-state index contributed by atoms with van der Waals surface area (Å²) in [6.07, 6.45) is 2.23. The van der Waals surface area contributed by atoms with Crippen molar-refractivity contribution in [2.45, 2.75) is 39.7 Å². The van der Waals surface area contributed by atoms with E-state index in [1.54, 1.807) is 0 Å². The SMILES string of the molecule is COc1cc(NC(C)=O)c(C(=O)OCC(=O)c2cc(C)n(C3CC3)c2C)cc1OC. The highest BCUT2D eigenvalue weighted by molar-refractivity contribution is 6.04. The van der Waals surface area contributed by atoms with Gasteiger partial charge in [-0.15, -0.1) is 0 Å². The van der Waals surface area contributed by atoms with Crippen LogP contribution in [0.5, 0.6) is 11.5 Å². The van der Waals surface area contributed by atoms with Crippen molar-refractivity contribution in [1.82, 2.24) is 4.57 Å². The topological polar surface area (TPSA) is 95.9 Å². The molecule has 8 heteroatoms. The van der Waals surface area contributed by atoms with Crippen LogP contribution in [-0.4, -0.2) is 43.1 Å². The van der Waals surface area contributed by atoms with Crippen LogP contribution in [0.25, 0.3) is 0 Å². The van der Waals surface area contributed by atoms with Crippen LogP contribution < -0.4 is 14.8 Å². The Hall–Kier alpha value is -3.29. The number of nitrogens with one attached hydrogen (secondary N) is 1. The van der Waals surface area contributed by atoms with E-state index in [0.717, 1.165) is 24.2 Å². The van der Waals surface area contributed by atoms with Gasteiger partial charge in [0.1, 0.15) is 0 Å². The molecule has 1 aliphatic rings. The van der Waals surface area contributed by atoms with Gasteiger partial charge in [0, 0.05) is 42.0 Å². The van der Waals surface area contributed by atoms with Gasteiger partial charge in [0.15, 0.2) is 18.1 Å². The number of hydrogen-bond donors (Lipinski definition) is 1. The number of hydrogen-bond acceptors (Lipinski definition) is 6. The first kappa shape index (κ1) is 21.4. The largest absolute Gasteiger partial charge is 0.493 e. The van der Waals surface area contributed by atoms with Gasteiger partial charge in [0.05, 0.1) is 25.5 Å². The molecule has 3 rings (SSSR count). The number of ketones is 1. The van der Waals surface area contributed by atoms with Crippen LogP contribution >= 0.6 is 0 Å². The summed E-state index contributed by atoms with van der Waals surface area (Å²) >= 11 is 0. The molecular weight excluding hydrogens is 388 g/mol. The maximum Gasteiger partial charge on any atom is 0.340 e. The molecule has 0 bridgehead atoms. The first-order valence-electron chi connectivity index (χ1n) is 9.69. The minimum atomic E-state index is -0.746. The molecule has 1 aliphatic carbocycles. The monoisotopic (exact) mass is 414 g/mol. The van der Waals surface area contributed by atoms with Crippen LogP contribution in [0.4, 0.5) is 5.69 Å². The van der Waals surface area contributed by atoms with E-state index in [2.05, 4.69) is 9.88 Å². The lowest BCUT2D eigenvalue weighted by Gasteiger charge is -2.14. The fourth-order valence-corrected chi connectivity index (χ4v) is 3.58. The second-order valence-electron chi connectivity index (χ2n) is 7.32. The van der Waals surface area contributed by atoms with E-state index in [4.69, 9.17) is 14.2 Å². The number of nitrogens with zero attached hydrogens (tertiary/aromatic N) is 1. The third kappa shape index (κ3) is 4.32. The third-order valence-corrected chi connectivity index (χ3v) is 5.09. The Bertz CT molecular complexity index is 1000. The van der Waals surface area contributed by atoms with Crippen molar-refractivity contribution < 1.29 is 28.6 Å². The molecule has 30 heavy (non-hydrogen) atoms. The normalized spacial score (nSPS) is 13.0. The van der Waals surface area contributed by atoms with Gasteiger partial charge >= 0.3 is 5.97 Å². The van der Waals surface area contributed by atoms with Crippen LogP contribution in [0, 0.1) is 13.8 Å². The van der Waals surface area contributed by atoms with E-state index in [9.17, 15) is 14.4 Å². The van der Waals surface area contributed by atoms with E-state index < -0.39 is 12.6 Å². The zero-order valence-corrected chi connectivity index (χ0v) is 17.8. The lowest BCUT2D eigenvalue weighted by molar-refractivity contribution is -0.114. The average molecular weight is 414 g/mol. The first-order valence-corrected chi connectivity index (χ1v) is 9.69. The summed E-state index contributed by atoms with van der Waals surface area (Å²) in [7, 11) is 2.88. The average Bonchev–Trinajstić information content (AvgIpc) is 3.49. The third-order valence-electron chi connectivity index (χ3n) is 5.09. The summed E-state index contributed by atoms with van der Waals surface area (Å²) in [5.74, 6) is -0.729. The van der Waals surface area contributed by atoms with Gasteiger partial charge in [-0.3, -0.25) is 9.59 Å². The minimum Gasteiger partial charge on any atom is -0.493 e. The molecule has 1 aromatic heterocycles. The number of aromatic nitrogens is 1. The van der Waals surface area contributed by atoms with E-state index >= 15 is 0 Å². The molecule has 2 aromatic rings. The molecule has 0 unspecified atom stereocenters. The lowest BCUT2D eigenvalue weighted by atomic mass is 10.1. The number of Topliss-reactive ketones (excluding diaryl/α,β-unsaturated/α-hetero) is 1. The molecule has 1 N–H and O–H groups in total. The van der Waals surface area contributed by atoms with Gasteiger partial charge in [-0.1, -0.05) is 0 Å². The smallest absolute Gasteiger partial charge is 0.340 e. The van der Waals surface area contributed by atoms with Crippen molar-refractivity contribution in [3.63, 3.8) is 0 Å². The number of ether oxygens (including phenoxy) is 3. The Balaban J connectivity index is 1.79. The van der Waals surface area contributed by atoms with E-state index in [-0.39, 0.29) is 22.9 Å². The highest BCUT2D eigenvalue weighted by Gasteiger charge is 2.28. The number of anilines is 1. The van der Waals surface area contributed by atoms with Crippen molar-refractivity contribution >= 4 is 23.3 Å². The standard InChI is InChI=1S/C22H26N2O6/c1-12-8-16(13(2)24(12)15-6-7-15)19(26)11-30-22(27)17-9-20(28-4)21(29-5)10-18(17)23-14(3)25/h8-10,15H,6-7,11H2,1-5H3,(H,23,25). The molecule has 1 amide bonds. The predicted molar refractivity (Wildman–Crippen MR) is 111 cm³/mol. The van der Waals surface area contributed by atoms with Crippen molar-refractivity contribution in [3.8, 4) is 11.5 Å². The van der Waals surface area contributed by atoms with Crippen LogP contribution in [-0.2, 0) is 9.53 Å². The van der Waals surface area contributed by atoms with Crippen LogP contribution in [0.15, 0.2) is 18.2 Å². The summed E-state index contributed by atoms with van der Waals surface area (Å²) in [5, 5.41) is 2.58. The van der Waals surface area contributed by atoms with Crippen LogP contribution in [0.1, 0.15) is 57.9 Å². The molecule has 0 saturated heterocycles. The predicted octanol–water partition coefficient (Wildman–Crippen LogP) is 3.46. The van der Waals surface area contributed by atoms with E-state index in [1.807, 2.05) is 19.9 Å². The Morgan fingerprint density at radius 1 is 1.03 bits per heavy atom. The number of amides is 1. The Kier molecular flexibility index (Phi) is 6.14. The minimum absolute atomic E-state index is 0.0686. The fourth-order valence-electron chi connectivity index (χ4n) is 3.58. The van der Waals surface area contributed by atoms with E-state index in [0.29, 0.717) is 23.1 Å². The van der Waals surface area contributed by atoms with Crippen molar-refractivity contribution in [2.75, 3.05) is 26.1 Å². The van der Waals surface area contributed by atoms with Gasteiger partial charge in [-0.25, -0.2) is 4.79 Å². The molecule has 8 nitrogen and oxygen atoms in total. The highest BCUT2D eigenvalue weighted by Crippen LogP contribution is 2.38. The summed E-state index contributed by atoms with van der Waals surface area (Å²) in [6.45, 7) is 4.80. The Morgan fingerprint density at radius 3 is 2.23 bits per heavy atom. The number of carbonyl (C=O) groups excluding carboxylic acids is 3. The van der Waals surface area contributed by atoms with Gasteiger partial charge < -0.3 is 24.1 Å². The number of benzene rings is 1. The molecule has 1 fully saturated rings. The van der Waals surface area contributed by atoms with Crippen LogP contribution in [0.3, 0.4) is 0 Å². The molecule has 1 heterocycles. The second-order valence-corrected chi connectivity index (χ2v) is 7.32. The number of esters is 1. The van der Waals surface area contributed by atoms with Crippen molar-refractivity contribution in [3.05, 3.63) is 40.7 Å². The molecule has 0 spiro atoms. The lowest BCUT2D eigenvalue weighted by Crippen LogP contribution is -2.17. The van der Waals surface area contributed by atoms with Gasteiger partial charge in [0.25, 0.3) is 0 Å². The number of rotatable bonds is 8. The van der Waals surface area contributed by atoms with Gasteiger partial charge in [0.2, 0.25) is 11.7 Å². The summed E-state index contributed by atoms with van der Waals surface area (Å²) in [4.78, 5) is 36.9. The maximum absolute atomic E-state index is 12.7. The number of carbonyl (C=O) groups is 3. The van der Waals surface area contributed by atoms with Crippen molar-refractivity contribution in [2.24, 2.45) is 0 Å². The van der Waals surface area contributed by atoms with Crippen molar-refractivity contribution in [1.29, 1.82) is 0 Å². The maximum atomic E-state index is 12.7. The number of aryl methyl sites for hydroxylation is 1. The molecule has 160 valence electrons. The first-order chi connectivity index (χ1) is 14.3. The highest BCUT2D eigenvalue weighted by atomic mass is 16.5. The Labute approximate surface area is 175 Å². The van der Waals surface area contributed by atoms with Gasteiger partial charge in [-0.05, 0) is 32.8 Å². The summed E-state index contributed by atoms with van der Waals surface area (Å²) < 4.78 is 17.9. The number of methoxy groups -OCH3 is 2. The molecule has 1 saturated carbocycles. The van der Waals surface area contributed by atoms with E-state index in [1.165, 1.54) is 33.3 Å². The van der Waals surface area contributed by atoms with Gasteiger partial charge in [-0.2, -0.15) is 0 Å². The quantitative estimate of drug-likeness (QED) is 0.525. The Morgan fingerprint density at radius 2 is 1.67 bits per heavy atom. The molecule has 0 atom stereocenters.